The van der Waals surface area contributed by atoms with Crippen LogP contribution < -0.4 is 10.6 Å². The van der Waals surface area contributed by atoms with Crippen LogP contribution in [-0.4, -0.2) is 26.2 Å². The number of nitrogens with zero attached hydrogens (tertiary/aromatic N) is 3. The van der Waals surface area contributed by atoms with Crippen LogP contribution in [0.3, 0.4) is 0 Å². The number of aromatic nitrogens is 4. The van der Waals surface area contributed by atoms with Crippen LogP contribution in [0.5, 0.6) is 0 Å². The third kappa shape index (κ3) is 3.39. The van der Waals surface area contributed by atoms with E-state index in [1.807, 2.05) is 35.9 Å². The van der Waals surface area contributed by atoms with Gasteiger partial charge in [0.25, 0.3) is 0 Å². The molecule has 1 unspecified atom stereocenters. The maximum absolute atomic E-state index is 4.71. The first-order valence-electron chi connectivity index (χ1n) is 8.56. The van der Waals surface area contributed by atoms with Gasteiger partial charge in [0.2, 0.25) is 5.95 Å². The summed E-state index contributed by atoms with van der Waals surface area (Å²) in [4.78, 5) is 9.35. The zero-order valence-electron chi connectivity index (χ0n) is 14.5. The van der Waals surface area contributed by atoms with Crippen molar-refractivity contribution in [3.8, 4) is 0 Å². The van der Waals surface area contributed by atoms with E-state index in [1.54, 1.807) is 11.3 Å². The molecule has 1 aromatic carbocycles. The van der Waals surface area contributed by atoms with Gasteiger partial charge in [0.15, 0.2) is 5.82 Å². The van der Waals surface area contributed by atoms with Crippen molar-refractivity contribution < 1.29 is 0 Å². The number of allylic oxidation sites excluding steroid dienone is 1. The second kappa shape index (κ2) is 7.13. The predicted octanol–water partition coefficient (Wildman–Crippen LogP) is 5.08. The lowest BCUT2D eigenvalue weighted by Crippen LogP contribution is -2.17. The summed E-state index contributed by atoms with van der Waals surface area (Å²) in [5, 5.41) is 17.0. The molecule has 0 aliphatic carbocycles. The highest BCUT2D eigenvalue weighted by atomic mass is 32.1. The number of anilines is 3. The van der Waals surface area contributed by atoms with Crippen LogP contribution in [0.2, 0.25) is 0 Å². The van der Waals surface area contributed by atoms with E-state index in [4.69, 9.17) is 4.98 Å². The topological polar surface area (TPSA) is 78.5 Å². The highest BCUT2D eigenvalue weighted by Gasteiger charge is 2.11. The van der Waals surface area contributed by atoms with E-state index in [0.29, 0.717) is 5.95 Å². The summed E-state index contributed by atoms with van der Waals surface area (Å²) in [5.74, 6) is 1.45. The molecule has 4 aromatic rings. The lowest BCUT2D eigenvalue weighted by atomic mass is 10.2. The fourth-order valence-corrected chi connectivity index (χ4v) is 3.61. The highest BCUT2D eigenvalue weighted by Crippen LogP contribution is 2.30. The van der Waals surface area contributed by atoms with Crippen LogP contribution >= 0.6 is 11.3 Å². The SMILES string of the molecule is C=CCCC(C)Nc1nc(Nc2ccc3[nH]ncc3c2)c2sccc2n1. The molecule has 0 radical (unpaired) electrons. The molecule has 0 spiro atoms. The molecule has 0 saturated carbocycles. The maximum Gasteiger partial charge on any atom is 0.225 e. The fourth-order valence-electron chi connectivity index (χ4n) is 2.83. The summed E-state index contributed by atoms with van der Waals surface area (Å²) in [6.07, 6.45) is 5.70. The first kappa shape index (κ1) is 16.5. The standard InChI is InChI=1S/C19H20N6S/c1-3-4-5-12(2)21-19-23-16-8-9-26-17(16)18(24-19)22-14-6-7-15-13(10-14)11-20-25-15/h3,6-12H,1,4-5H2,2H3,(H,20,25)(H2,21,22,23,24). The number of nitrogens with one attached hydrogen (secondary N) is 3. The first-order valence-corrected chi connectivity index (χ1v) is 9.44. The van der Waals surface area contributed by atoms with Crippen molar-refractivity contribution in [3.05, 3.63) is 48.5 Å². The van der Waals surface area contributed by atoms with Crippen LogP contribution in [0.25, 0.3) is 21.1 Å². The minimum Gasteiger partial charge on any atom is -0.352 e. The van der Waals surface area contributed by atoms with E-state index in [-0.39, 0.29) is 6.04 Å². The zero-order chi connectivity index (χ0) is 17.9. The molecule has 0 bridgehead atoms. The van der Waals surface area contributed by atoms with Crippen molar-refractivity contribution >= 4 is 49.9 Å². The summed E-state index contributed by atoms with van der Waals surface area (Å²) in [7, 11) is 0. The third-order valence-corrected chi connectivity index (χ3v) is 5.10. The van der Waals surface area contributed by atoms with Gasteiger partial charge in [-0.2, -0.15) is 10.1 Å². The minimum atomic E-state index is 0.277. The van der Waals surface area contributed by atoms with E-state index >= 15 is 0 Å². The Morgan fingerprint density at radius 3 is 3.12 bits per heavy atom. The Morgan fingerprint density at radius 2 is 2.23 bits per heavy atom. The molecule has 4 rings (SSSR count). The van der Waals surface area contributed by atoms with Crippen molar-refractivity contribution in [1.29, 1.82) is 0 Å². The van der Waals surface area contributed by atoms with Gasteiger partial charge < -0.3 is 10.6 Å². The Balaban J connectivity index is 1.64. The Labute approximate surface area is 155 Å². The molecule has 0 aliphatic heterocycles. The van der Waals surface area contributed by atoms with E-state index < -0.39 is 0 Å². The first-order chi connectivity index (χ1) is 12.7. The molecule has 6 nitrogen and oxygen atoms in total. The zero-order valence-corrected chi connectivity index (χ0v) is 15.3. The molecule has 0 fully saturated rings. The Bertz CT molecular complexity index is 1050. The van der Waals surface area contributed by atoms with Crippen LogP contribution in [0.1, 0.15) is 19.8 Å². The average molecular weight is 364 g/mol. The molecule has 0 amide bonds. The average Bonchev–Trinajstić information content (AvgIpc) is 3.28. The summed E-state index contributed by atoms with van der Waals surface area (Å²) in [6, 6.07) is 8.38. The second-order valence-corrected chi connectivity index (χ2v) is 7.16. The smallest absolute Gasteiger partial charge is 0.225 e. The molecule has 3 N–H and O–H groups in total. The van der Waals surface area contributed by atoms with Gasteiger partial charge in [0, 0.05) is 17.1 Å². The Morgan fingerprint density at radius 1 is 1.31 bits per heavy atom. The van der Waals surface area contributed by atoms with E-state index in [9.17, 15) is 0 Å². The normalized spacial score (nSPS) is 12.3. The van der Waals surface area contributed by atoms with Crippen LogP contribution in [0.4, 0.5) is 17.5 Å². The minimum absolute atomic E-state index is 0.277. The van der Waals surface area contributed by atoms with Crippen LogP contribution in [0, 0.1) is 0 Å². The quantitative estimate of drug-likeness (QED) is 0.399. The van der Waals surface area contributed by atoms with Gasteiger partial charge in [0.1, 0.15) is 0 Å². The van der Waals surface area contributed by atoms with E-state index in [2.05, 4.69) is 45.4 Å². The molecular weight excluding hydrogens is 344 g/mol. The summed E-state index contributed by atoms with van der Waals surface area (Å²) in [6.45, 7) is 5.91. The molecular formula is C19H20N6S. The number of thiophene rings is 1. The molecule has 1 atom stereocenters. The number of hydrogen-bond donors (Lipinski definition) is 3. The van der Waals surface area contributed by atoms with Gasteiger partial charge in [-0.3, -0.25) is 5.10 Å². The molecule has 0 aliphatic rings. The lowest BCUT2D eigenvalue weighted by Gasteiger charge is -2.14. The van der Waals surface area contributed by atoms with Gasteiger partial charge >= 0.3 is 0 Å². The largest absolute Gasteiger partial charge is 0.352 e. The van der Waals surface area contributed by atoms with Crippen molar-refractivity contribution in [1.82, 2.24) is 20.2 Å². The third-order valence-electron chi connectivity index (χ3n) is 4.19. The Kier molecular flexibility index (Phi) is 4.53. The van der Waals surface area contributed by atoms with E-state index in [0.717, 1.165) is 45.5 Å². The van der Waals surface area contributed by atoms with Crippen molar-refractivity contribution in [2.24, 2.45) is 0 Å². The molecule has 0 saturated heterocycles. The maximum atomic E-state index is 4.71. The number of fused-ring (bicyclic) bond motifs is 2. The highest BCUT2D eigenvalue weighted by molar-refractivity contribution is 7.17. The van der Waals surface area contributed by atoms with Crippen LogP contribution in [0.15, 0.2) is 48.5 Å². The summed E-state index contributed by atoms with van der Waals surface area (Å²) >= 11 is 1.63. The molecule has 3 heterocycles. The second-order valence-electron chi connectivity index (χ2n) is 6.24. The monoisotopic (exact) mass is 364 g/mol. The van der Waals surface area contributed by atoms with E-state index in [1.165, 1.54) is 0 Å². The molecule has 26 heavy (non-hydrogen) atoms. The molecule has 7 heteroatoms. The van der Waals surface area contributed by atoms with Gasteiger partial charge in [-0.05, 0) is 49.4 Å². The van der Waals surface area contributed by atoms with Crippen molar-refractivity contribution in [2.75, 3.05) is 10.6 Å². The number of rotatable bonds is 7. The molecule has 3 aromatic heterocycles. The van der Waals surface area contributed by atoms with Gasteiger partial charge in [-0.25, -0.2) is 4.98 Å². The number of benzene rings is 1. The predicted molar refractivity (Wildman–Crippen MR) is 109 cm³/mol. The summed E-state index contributed by atoms with van der Waals surface area (Å²) < 4.78 is 1.04. The van der Waals surface area contributed by atoms with Crippen molar-refractivity contribution in [3.63, 3.8) is 0 Å². The van der Waals surface area contributed by atoms with Crippen molar-refractivity contribution in [2.45, 2.75) is 25.8 Å². The number of hydrogen-bond acceptors (Lipinski definition) is 6. The Hall–Kier alpha value is -2.93. The van der Waals surface area contributed by atoms with Gasteiger partial charge in [-0.15, -0.1) is 17.9 Å². The van der Waals surface area contributed by atoms with Gasteiger partial charge in [-0.1, -0.05) is 6.08 Å². The fraction of sp³-hybridized carbons (Fsp3) is 0.211. The van der Waals surface area contributed by atoms with Crippen LogP contribution in [-0.2, 0) is 0 Å². The van der Waals surface area contributed by atoms with Gasteiger partial charge in [0.05, 0.1) is 21.9 Å². The lowest BCUT2D eigenvalue weighted by molar-refractivity contribution is 0.712. The molecule has 132 valence electrons. The summed E-state index contributed by atoms with van der Waals surface area (Å²) in [5.41, 5.74) is 2.92. The number of aromatic amines is 1. The number of H-pyrrole nitrogens is 1.